The summed E-state index contributed by atoms with van der Waals surface area (Å²) in [7, 11) is -4.49. The van der Waals surface area contributed by atoms with Crippen molar-refractivity contribution in [1.29, 1.82) is 0 Å². The van der Waals surface area contributed by atoms with Crippen molar-refractivity contribution in [3.05, 3.63) is 66.5 Å². The summed E-state index contributed by atoms with van der Waals surface area (Å²) in [5.41, 5.74) is 0.389. The van der Waals surface area contributed by atoms with E-state index in [1.165, 1.54) is 24.5 Å². The zero-order valence-electron chi connectivity index (χ0n) is 14.7. The third-order valence-corrected chi connectivity index (χ3v) is 6.08. The average molecular weight is 436 g/mol. The van der Waals surface area contributed by atoms with Gasteiger partial charge in [-0.05, 0) is 36.0 Å². The van der Waals surface area contributed by atoms with E-state index in [-0.39, 0.29) is 27.5 Å². The predicted molar refractivity (Wildman–Crippen MR) is 106 cm³/mol. The molecule has 0 bridgehead atoms. The molecule has 3 rings (SSSR count). The minimum atomic E-state index is -4.49. The Balaban J connectivity index is 2.13. The molecule has 3 N–H and O–H groups in total. The van der Waals surface area contributed by atoms with Crippen LogP contribution < -0.4 is 4.72 Å². The third-order valence-electron chi connectivity index (χ3n) is 3.78. The van der Waals surface area contributed by atoms with Crippen LogP contribution in [0.4, 0.5) is 14.5 Å². The zero-order valence-corrected chi connectivity index (χ0v) is 16.3. The SMILES string of the molecule is C=Cc1c(NS(=O)(=O)c2cc(F)ccc2F)cc(Sc2ncn[nH]2)c(O)c1C=C. The summed E-state index contributed by atoms with van der Waals surface area (Å²) in [4.78, 5) is 3.30. The Labute approximate surface area is 169 Å². The first-order valence-corrected chi connectivity index (χ1v) is 10.2. The van der Waals surface area contributed by atoms with Gasteiger partial charge in [0.2, 0.25) is 0 Å². The van der Waals surface area contributed by atoms with Crippen LogP contribution in [0.3, 0.4) is 0 Å². The second-order valence-electron chi connectivity index (χ2n) is 5.58. The molecule has 150 valence electrons. The van der Waals surface area contributed by atoms with Crippen LogP contribution in [-0.4, -0.2) is 28.7 Å². The second-order valence-corrected chi connectivity index (χ2v) is 8.26. The highest BCUT2D eigenvalue weighted by molar-refractivity contribution is 7.99. The van der Waals surface area contributed by atoms with Crippen molar-refractivity contribution >= 4 is 39.6 Å². The standard InChI is InChI=1S/C18H14F2N4O3S2/c1-3-11-12(4-2)17(25)15(28-18-21-9-22-23-18)8-14(11)24-29(26,27)16-7-10(19)5-6-13(16)20/h3-9,24-25H,1-2H2,(H,21,22,23). The van der Waals surface area contributed by atoms with E-state index in [0.717, 1.165) is 23.9 Å². The molecule has 0 aliphatic carbocycles. The fraction of sp³-hybridized carbons (Fsp3) is 0. The number of aromatic nitrogens is 3. The van der Waals surface area contributed by atoms with E-state index in [0.29, 0.717) is 11.2 Å². The molecule has 1 aromatic heterocycles. The first kappa shape index (κ1) is 20.6. The lowest BCUT2D eigenvalue weighted by Gasteiger charge is -2.17. The normalized spacial score (nSPS) is 11.2. The van der Waals surface area contributed by atoms with Gasteiger partial charge in [0.25, 0.3) is 10.0 Å². The molecule has 0 spiro atoms. The lowest BCUT2D eigenvalue weighted by molar-refractivity contribution is 0.461. The molecule has 0 aliphatic heterocycles. The molecule has 2 aromatic carbocycles. The molecule has 0 atom stereocenters. The molecular formula is C18H14F2N4O3S2. The molecule has 0 radical (unpaired) electrons. The number of sulfonamides is 1. The van der Waals surface area contributed by atoms with E-state index in [2.05, 4.69) is 33.1 Å². The van der Waals surface area contributed by atoms with Crippen molar-refractivity contribution in [2.45, 2.75) is 14.9 Å². The Morgan fingerprint density at radius 3 is 2.52 bits per heavy atom. The number of hydrogen-bond donors (Lipinski definition) is 3. The van der Waals surface area contributed by atoms with E-state index in [1.807, 2.05) is 0 Å². The van der Waals surface area contributed by atoms with Crippen molar-refractivity contribution < 1.29 is 22.3 Å². The topological polar surface area (TPSA) is 108 Å². The van der Waals surface area contributed by atoms with Gasteiger partial charge in [0.15, 0.2) is 5.16 Å². The minimum Gasteiger partial charge on any atom is -0.506 e. The van der Waals surface area contributed by atoms with Gasteiger partial charge in [-0.2, -0.15) is 5.10 Å². The highest BCUT2D eigenvalue weighted by Gasteiger charge is 2.24. The van der Waals surface area contributed by atoms with Crippen LogP contribution in [0.2, 0.25) is 0 Å². The molecular weight excluding hydrogens is 422 g/mol. The van der Waals surface area contributed by atoms with Crippen LogP contribution in [0.1, 0.15) is 11.1 Å². The summed E-state index contributed by atoms with van der Waals surface area (Å²) in [6.07, 6.45) is 3.89. The average Bonchev–Trinajstić information content (AvgIpc) is 3.18. The number of rotatable bonds is 7. The van der Waals surface area contributed by atoms with E-state index >= 15 is 0 Å². The zero-order chi connectivity index (χ0) is 21.2. The molecule has 29 heavy (non-hydrogen) atoms. The van der Waals surface area contributed by atoms with Crippen molar-refractivity contribution in [3.8, 4) is 5.75 Å². The number of H-pyrrole nitrogens is 1. The number of benzene rings is 2. The molecule has 0 unspecified atom stereocenters. The van der Waals surface area contributed by atoms with Gasteiger partial charge in [-0.1, -0.05) is 25.3 Å². The van der Waals surface area contributed by atoms with E-state index in [9.17, 15) is 22.3 Å². The van der Waals surface area contributed by atoms with Crippen molar-refractivity contribution in [2.75, 3.05) is 4.72 Å². The van der Waals surface area contributed by atoms with E-state index in [4.69, 9.17) is 0 Å². The highest BCUT2D eigenvalue weighted by Crippen LogP contribution is 2.41. The summed E-state index contributed by atoms with van der Waals surface area (Å²) in [6, 6.07) is 3.42. The maximum Gasteiger partial charge on any atom is 0.264 e. The largest absolute Gasteiger partial charge is 0.506 e. The Kier molecular flexibility index (Phi) is 5.71. The number of hydrogen-bond acceptors (Lipinski definition) is 6. The molecule has 0 amide bonds. The Morgan fingerprint density at radius 2 is 1.90 bits per heavy atom. The number of nitrogens with one attached hydrogen (secondary N) is 2. The van der Waals surface area contributed by atoms with Crippen LogP contribution in [0.5, 0.6) is 5.75 Å². The number of halogens is 2. The lowest BCUT2D eigenvalue weighted by Crippen LogP contribution is -2.16. The van der Waals surface area contributed by atoms with Crippen LogP contribution in [0, 0.1) is 11.6 Å². The molecule has 7 nitrogen and oxygen atoms in total. The number of phenolic OH excluding ortho intramolecular Hbond substituents is 1. The Bertz CT molecular complexity index is 1200. The van der Waals surface area contributed by atoms with Crippen molar-refractivity contribution in [2.24, 2.45) is 0 Å². The number of aromatic hydroxyl groups is 1. The molecule has 0 aliphatic rings. The first-order chi connectivity index (χ1) is 13.8. The van der Waals surface area contributed by atoms with Gasteiger partial charge in [0.1, 0.15) is 28.6 Å². The molecule has 1 heterocycles. The predicted octanol–water partition coefficient (Wildman–Crippen LogP) is 4.03. The van der Waals surface area contributed by atoms with Gasteiger partial charge in [0.05, 0.1) is 10.6 Å². The van der Waals surface area contributed by atoms with Gasteiger partial charge >= 0.3 is 0 Å². The quantitative estimate of drug-likeness (QED) is 0.483. The first-order valence-electron chi connectivity index (χ1n) is 7.92. The van der Waals surface area contributed by atoms with E-state index in [1.54, 1.807) is 0 Å². The third kappa shape index (κ3) is 4.15. The van der Waals surface area contributed by atoms with Gasteiger partial charge in [-0.25, -0.2) is 22.2 Å². The van der Waals surface area contributed by atoms with E-state index < -0.39 is 26.6 Å². The molecule has 0 saturated heterocycles. The monoisotopic (exact) mass is 436 g/mol. The van der Waals surface area contributed by atoms with Gasteiger partial charge in [0, 0.05) is 11.1 Å². The minimum absolute atomic E-state index is 0.0154. The Morgan fingerprint density at radius 1 is 1.17 bits per heavy atom. The second kappa shape index (κ2) is 8.05. The van der Waals surface area contributed by atoms with Crippen molar-refractivity contribution in [1.82, 2.24) is 15.2 Å². The number of aromatic amines is 1. The Hall–Kier alpha value is -3.18. The summed E-state index contributed by atoms with van der Waals surface area (Å²) >= 11 is 0.981. The van der Waals surface area contributed by atoms with Crippen LogP contribution in [-0.2, 0) is 10.0 Å². The molecule has 11 heteroatoms. The number of phenols is 1. The summed E-state index contributed by atoms with van der Waals surface area (Å²) < 4.78 is 55.1. The van der Waals surface area contributed by atoms with Crippen molar-refractivity contribution in [3.63, 3.8) is 0 Å². The fourth-order valence-corrected chi connectivity index (χ4v) is 4.45. The van der Waals surface area contributed by atoms with Crippen LogP contribution in [0.25, 0.3) is 12.2 Å². The van der Waals surface area contributed by atoms with Gasteiger partial charge in [-0.3, -0.25) is 9.82 Å². The summed E-state index contributed by atoms with van der Waals surface area (Å²) in [6.45, 7) is 7.24. The van der Waals surface area contributed by atoms with Gasteiger partial charge < -0.3 is 5.11 Å². The smallest absolute Gasteiger partial charge is 0.264 e. The molecule has 3 aromatic rings. The highest BCUT2D eigenvalue weighted by atomic mass is 32.2. The molecule has 0 fully saturated rings. The fourth-order valence-electron chi connectivity index (χ4n) is 2.50. The van der Waals surface area contributed by atoms with Gasteiger partial charge in [-0.15, -0.1) is 0 Å². The summed E-state index contributed by atoms with van der Waals surface area (Å²) in [5, 5.41) is 17.2. The maximum atomic E-state index is 14.0. The maximum absolute atomic E-state index is 14.0. The number of nitrogens with zero attached hydrogens (tertiary/aromatic N) is 2. The number of anilines is 1. The van der Waals surface area contributed by atoms with Crippen LogP contribution >= 0.6 is 11.8 Å². The van der Waals surface area contributed by atoms with Crippen LogP contribution in [0.15, 0.2) is 58.7 Å². The molecule has 0 saturated carbocycles. The lowest BCUT2D eigenvalue weighted by atomic mass is 10.0. The summed E-state index contributed by atoms with van der Waals surface area (Å²) in [5.74, 6) is -2.20.